The molecular weight excluding hydrogens is 320 g/mol. The number of amides is 2. The lowest BCUT2D eigenvalue weighted by Gasteiger charge is -2.28. The van der Waals surface area contributed by atoms with Crippen LogP contribution in [0.5, 0.6) is 11.5 Å². The third-order valence-corrected chi connectivity index (χ3v) is 4.81. The summed E-state index contributed by atoms with van der Waals surface area (Å²) in [4.78, 5) is 28.2. The molecule has 0 saturated carbocycles. The molecule has 136 valence electrons. The number of likely N-dealkylation sites (tertiary alicyclic amines) is 1. The van der Waals surface area contributed by atoms with Gasteiger partial charge in [-0.3, -0.25) is 9.59 Å². The molecule has 2 amide bonds. The van der Waals surface area contributed by atoms with Gasteiger partial charge in [0, 0.05) is 44.1 Å². The van der Waals surface area contributed by atoms with E-state index in [1.54, 1.807) is 7.11 Å². The second kappa shape index (κ2) is 7.76. The Hall–Kier alpha value is -2.24. The number of hydrogen-bond acceptors (Lipinski definition) is 4. The average Bonchev–Trinajstić information content (AvgIpc) is 2.78. The number of fused-ring (bicyclic) bond motifs is 1. The summed E-state index contributed by atoms with van der Waals surface area (Å²) in [5.74, 6) is 1.75. The van der Waals surface area contributed by atoms with Crippen LogP contribution in [0.3, 0.4) is 0 Å². The molecule has 1 saturated heterocycles. The summed E-state index contributed by atoms with van der Waals surface area (Å²) < 4.78 is 11.2. The lowest BCUT2D eigenvalue weighted by atomic mass is 10.1. The molecule has 1 unspecified atom stereocenters. The molecular formula is C19H26N2O4. The minimum atomic E-state index is -0.0890. The van der Waals surface area contributed by atoms with Crippen LogP contribution in [0, 0.1) is 0 Å². The molecule has 2 aliphatic rings. The highest BCUT2D eigenvalue weighted by atomic mass is 16.5. The normalized spacial score (nSPS) is 20.6. The van der Waals surface area contributed by atoms with E-state index in [0.717, 1.165) is 36.4 Å². The molecule has 0 radical (unpaired) electrons. The van der Waals surface area contributed by atoms with Gasteiger partial charge < -0.3 is 19.3 Å². The van der Waals surface area contributed by atoms with E-state index in [4.69, 9.17) is 9.47 Å². The van der Waals surface area contributed by atoms with Gasteiger partial charge in [0.15, 0.2) is 0 Å². The predicted octanol–water partition coefficient (Wildman–Crippen LogP) is 2.21. The van der Waals surface area contributed by atoms with Gasteiger partial charge in [-0.05, 0) is 31.9 Å². The second-order valence-corrected chi connectivity index (χ2v) is 6.76. The van der Waals surface area contributed by atoms with Crippen molar-refractivity contribution in [2.45, 2.75) is 45.3 Å². The molecule has 2 heterocycles. The number of ether oxygens (including phenoxy) is 2. The maximum absolute atomic E-state index is 12.7. The van der Waals surface area contributed by atoms with Crippen LogP contribution >= 0.6 is 0 Å². The molecule has 1 atom stereocenters. The summed E-state index contributed by atoms with van der Waals surface area (Å²) in [6.07, 6.45) is 2.88. The summed E-state index contributed by atoms with van der Waals surface area (Å²) in [6, 6.07) is 5.69. The molecule has 1 aromatic rings. The van der Waals surface area contributed by atoms with Crippen LogP contribution in [-0.4, -0.2) is 54.5 Å². The van der Waals surface area contributed by atoms with Crippen molar-refractivity contribution < 1.29 is 19.1 Å². The van der Waals surface area contributed by atoms with Crippen LogP contribution in [0.4, 0.5) is 0 Å². The molecule has 0 aromatic heterocycles. The third-order valence-electron chi connectivity index (χ3n) is 4.81. The van der Waals surface area contributed by atoms with Crippen molar-refractivity contribution in [1.82, 2.24) is 9.80 Å². The fraction of sp³-hybridized carbons (Fsp3) is 0.579. The number of nitrogens with zero attached hydrogens (tertiary/aromatic N) is 2. The summed E-state index contributed by atoms with van der Waals surface area (Å²) in [5.41, 5.74) is 0.979. The van der Waals surface area contributed by atoms with E-state index in [1.165, 1.54) is 0 Å². The number of carbonyl (C=O) groups excluding carboxylic acids is 2. The Kier molecular flexibility index (Phi) is 5.46. The van der Waals surface area contributed by atoms with Crippen LogP contribution < -0.4 is 9.47 Å². The van der Waals surface area contributed by atoms with Crippen molar-refractivity contribution >= 4 is 11.8 Å². The lowest BCUT2D eigenvalue weighted by Crippen LogP contribution is -2.40. The highest BCUT2D eigenvalue weighted by Gasteiger charge is 2.25. The summed E-state index contributed by atoms with van der Waals surface area (Å²) in [7, 11) is 1.62. The first-order valence-electron chi connectivity index (χ1n) is 8.96. The first-order chi connectivity index (χ1) is 12.1. The predicted molar refractivity (Wildman–Crippen MR) is 93.5 cm³/mol. The van der Waals surface area contributed by atoms with Crippen molar-refractivity contribution in [3.63, 3.8) is 0 Å². The van der Waals surface area contributed by atoms with Crippen molar-refractivity contribution in [2.75, 3.05) is 26.7 Å². The Morgan fingerprint density at radius 1 is 1.36 bits per heavy atom. The zero-order valence-corrected chi connectivity index (χ0v) is 15.0. The van der Waals surface area contributed by atoms with Gasteiger partial charge >= 0.3 is 0 Å². The molecule has 6 nitrogen and oxygen atoms in total. The fourth-order valence-corrected chi connectivity index (χ4v) is 3.41. The number of rotatable bonds is 4. The maximum atomic E-state index is 12.7. The minimum Gasteiger partial charge on any atom is -0.497 e. The van der Waals surface area contributed by atoms with Crippen molar-refractivity contribution in [1.29, 1.82) is 0 Å². The SMILES string of the molecule is COc1ccc2c(c1)OC(C)CN(C(=O)CCN1CCCCC1=O)C2. The molecule has 2 aliphatic heterocycles. The maximum Gasteiger partial charge on any atom is 0.224 e. The fourth-order valence-electron chi connectivity index (χ4n) is 3.41. The molecule has 1 fully saturated rings. The first kappa shape index (κ1) is 17.6. The van der Waals surface area contributed by atoms with Gasteiger partial charge in [-0.2, -0.15) is 0 Å². The Bertz CT molecular complexity index is 646. The topological polar surface area (TPSA) is 59.1 Å². The van der Waals surface area contributed by atoms with E-state index in [2.05, 4.69) is 0 Å². The molecule has 3 rings (SSSR count). The summed E-state index contributed by atoms with van der Waals surface area (Å²) >= 11 is 0. The molecule has 0 aliphatic carbocycles. The Balaban J connectivity index is 1.64. The lowest BCUT2D eigenvalue weighted by molar-refractivity contribution is -0.136. The number of carbonyl (C=O) groups is 2. The second-order valence-electron chi connectivity index (χ2n) is 6.76. The zero-order valence-electron chi connectivity index (χ0n) is 15.0. The molecule has 1 aromatic carbocycles. The van der Waals surface area contributed by atoms with E-state index in [-0.39, 0.29) is 17.9 Å². The van der Waals surface area contributed by atoms with Crippen molar-refractivity contribution in [3.05, 3.63) is 23.8 Å². The van der Waals surface area contributed by atoms with E-state index in [9.17, 15) is 9.59 Å². The van der Waals surface area contributed by atoms with Crippen LogP contribution in [0.2, 0.25) is 0 Å². The number of methoxy groups -OCH3 is 1. The molecule has 0 N–H and O–H groups in total. The van der Waals surface area contributed by atoms with Gasteiger partial charge in [0.1, 0.15) is 17.6 Å². The zero-order chi connectivity index (χ0) is 17.8. The molecule has 0 spiro atoms. The van der Waals surface area contributed by atoms with Gasteiger partial charge in [-0.25, -0.2) is 0 Å². The Labute approximate surface area is 148 Å². The monoisotopic (exact) mass is 346 g/mol. The Morgan fingerprint density at radius 3 is 2.96 bits per heavy atom. The van der Waals surface area contributed by atoms with Crippen LogP contribution in [0.15, 0.2) is 18.2 Å². The van der Waals surface area contributed by atoms with E-state index < -0.39 is 0 Å². The van der Waals surface area contributed by atoms with Gasteiger partial charge in [0.2, 0.25) is 11.8 Å². The smallest absolute Gasteiger partial charge is 0.224 e. The van der Waals surface area contributed by atoms with Crippen LogP contribution in [0.1, 0.15) is 38.2 Å². The largest absolute Gasteiger partial charge is 0.497 e. The summed E-state index contributed by atoms with van der Waals surface area (Å²) in [6.45, 7) is 4.32. The number of piperidine rings is 1. The first-order valence-corrected chi connectivity index (χ1v) is 8.96. The standard InChI is InChI=1S/C19H26N2O4/c1-14-12-21(13-15-6-7-16(24-2)11-17(15)25-14)19(23)8-10-20-9-4-3-5-18(20)22/h6-7,11,14H,3-5,8-10,12-13H2,1-2H3. The van der Waals surface area contributed by atoms with E-state index in [1.807, 2.05) is 34.9 Å². The molecule has 6 heteroatoms. The van der Waals surface area contributed by atoms with Crippen molar-refractivity contribution in [3.8, 4) is 11.5 Å². The molecule has 0 bridgehead atoms. The average molecular weight is 346 g/mol. The van der Waals surface area contributed by atoms with Crippen molar-refractivity contribution in [2.24, 2.45) is 0 Å². The highest BCUT2D eigenvalue weighted by Crippen LogP contribution is 2.29. The van der Waals surface area contributed by atoms with Gasteiger partial charge in [-0.15, -0.1) is 0 Å². The van der Waals surface area contributed by atoms with Gasteiger partial charge in [0.25, 0.3) is 0 Å². The minimum absolute atomic E-state index is 0.0671. The van der Waals surface area contributed by atoms with E-state index in [0.29, 0.717) is 32.5 Å². The molecule has 25 heavy (non-hydrogen) atoms. The van der Waals surface area contributed by atoms with Crippen LogP contribution in [0.25, 0.3) is 0 Å². The third kappa shape index (κ3) is 4.24. The van der Waals surface area contributed by atoms with E-state index >= 15 is 0 Å². The quantitative estimate of drug-likeness (QED) is 0.839. The van der Waals surface area contributed by atoms with Crippen LogP contribution in [-0.2, 0) is 16.1 Å². The highest BCUT2D eigenvalue weighted by molar-refractivity contribution is 5.79. The number of benzene rings is 1. The van der Waals surface area contributed by atoms with Gasteiger partial charge in [-0.1, -0.05) is 0 Å². The van der Waals surface area contributed by atoms with Gasteiger partial charge in [0.05, 0.1) is 13.7 Å². The Morgan fingerprint density at radius 2 is 2.20 bits per heavy atom. The summed E-state index contributed by atoms with van der Waals surface area (Å²) in [5, 5.41) is 0. The number of hydrogen-bond donors (Lipinski definition) is 0.